The third kappa shape index (κ3) is 5.16. The van der Waals surface area contributed by atoms with Crippen molar-refractivity contribution in [3.63, 3.8) is 0 Å². The van der Waals surface area contributed by atoms with Crippen LogP contribution in [0.1, 0.15) is 17.2 Å². The van der Waals surface area contributed by atoms with Gasteiger partial charge in [0.25, 0.3) is 0 Å². The van der Waals surface area contributed by atoms with E-state index in [1.54, 1.807) is 7.11 Å². The fraction of sp³-hybridized carbons (Fsp3) is 0.200. The zero-order valence-electron chi connectivity index (χ0n) is 17.4. The summed E-state index contributed by atoms with van der Waals surface area (Å²) < 4.78 is 7.67. The number of thioether (sulfide) groups is 1. The molecular weight excluding hydrogens is 406 g/mol. The van der Waals surface area contributed by atoms with Gasteiger partial charge in [0.1, 0.15) is 5.75 Å². The van der Waals surface area contributed by atoms with Crippen LogP contribution < -0.4 is 4.74 Å². The largest absolute Gasteiger partial charge is 0.496 e. The van der Waals surface area contributed by atoms with Gasteiger partial charge in [-0.1, -0.05) is 84.6 Å². The number of aliphatic hydroxyl groups is 1. The average Bonchev–Trinajstić information content (AvgIpc) is 3.24. The maximum absolute atomic E-state index is 10.6. The third-order valence-corrected chi connectivity index (χ3v) is 6.13. The molecule has 6 heteroatoms. The molecule has 0 bridgehead atoms. The molecule has 0 amide bonds. The molecular formula is C25H25N3O2S. The first-order valence-corrected chi connectivity index (χ1v) is 11.2. The van der Waals surface area contributed by atoms with Crippen LogP contribution in [-0.2, 0) is 13.0 Å². The number of aromatic nitrogens is 3. The Kier molecular flexibility index (Phi) is 7.02. The molecule has 0 saturated heterocycles. The predicted molar refractivity (Wildman–Crippen MR) is 124 cm³/mol. The Morgan fingerprint density at radius 2 is 1.58 bits per heavy atom. The average molecular weight is 432 g/mol. The molecule has 0 spiro atoms. The summed E-state index contributed by atoms with van der Waals surface area (Å²) in [5.74, 6) is 2.03. The topological polar surface area (TPSA) is 60.2 Å². The number of nitrogens with zero attached hydrogens (tertiary/aromatic N) is 3. The van der Waals surface area contributed by atoms with E-state index in [0.717, 1.165) is 40.8 Å². The van der Waals surface area contributed by atoms with Crippen LogP contribution in [0.5, 0.6) is 5.75 Å². The lowest BCUT2D eigenvalue weighted by molar-refractivity contribution is 0.204. The van der Waals surface area contributed by atoms with Crippen LogP contribution in [-0.4, -0.2) is 32.7 Å². The van der Waals surface area contributed by atoms with Crippen LogP contribution in [0.3, 0.4) is 0 Å². The molecule has 0 fully saturated rings. The highest BCUT2D eigenvalue weighted by molar-refractivity contribution is 7.99. The molecule has 0 aliphatic heterocycles. The van der Waals surface area contributed by atoms with E-state index in [9.17, 15) is 5.11 Å². The Morgan fingerprint density at radius 1 is 0.903 bits per heavy atom. The number of rotatable bonds is 9. The molecule has 0 saturated carbocycles. The summed E-state index contributed by atoms with van der Waals surface area (Å²) in [6, 6.07) is 27.9. The van der Waals surface area contributed by atoms with E-state index in [2.05, 4.69) is 39.0 Å². The van der Waals surface area contributed by atoms with E-state index in [1.165, 1.54) is 17.3 Å². The molecule has 3 aromatic carbocycles. The smallest absolute Gasteiger partial charge is 0.191 e. The highest BCUT2D eigenvalue weighted by Crippen LogP contribution is 2.32. The third-order valence-electron chi connectivity index (χ3n) is 5.09. The number of methoxy groups -OCH3 is 1. The van der Waals surface area contributed by atoms with Gasteiger partial charge in [0, 0.05) is 12.3 Å². The van der Waals surface area contributed by atoms with E-state index in [1.807, 2.05) is 60.7 Å². The molecule has 0 aliphatic rings. The van der Waals surface area contributed by atoms with Crippen molar-refractivity contribution in [1.29, 1.82) is 0 Å². The van der Waals surface area contributed by atoms with Gasteiger partial charge in [-0.05, 0) is 29.7 Å². The van der Waals surface area contributed by atoms with Crippen molar-refractivity contribution >= 4 is 11.8 Å². The molecule has 1 unspecified atom stereocenters. The molecule has 4 rings (SSSR count). The summed E-state index contributed by atoms with van der Waals surface area (Å²) >= 11 is 1.51. The van der Waals surface area contributed by atoms with Crippen molar-refractivity contribution in [2.45, 2.75) is 24.2 Å². The Morgan fingerprint density at radius 3 is 2.32 bits per heavy atom. The summed E-state index contributed by atoms with van der Waals surface area (Å²) in [6.07, 6.45) is 0.288. The highest BCUT2D eigenvalue weighted by atomic mass is 32.2. The van der Waals surface area contributed by atoms with Crippen LogP contribution in [0, 0.1) is 0 Å². The first-order chi connectivity index (χ1) is 15.3. The summed E-state index contributed by atoms with van der Waals surface area (Å²) in [6.45, 7) is 0.730. The molecule has 0 aliphatic carbocycles. The number of para-hydroxylation sites is 1. The SMILES string of the molecule is COc1ccccc1-c1nnc(SCC(O)c2ccccc2)n1CCc1ccccc1. The van der Waals surface area contributed by atoms with Crippen LogP contribution in [0.4, 0.5) is 0 Å². The van der Waals surface area contributed by atoms with Gasteiger partial charge in [-0.25, -0.2) is 0 Å². The number of benzene rings is 3. The standard InChI is InChI=1S/C25H25N3O2S/c1-30-23-15-9-8-14-21(23)24-26-27-25(28(24)17-16-19-10-4-2-5-11-19)31-18-22(29)20-12-6-3-7-13-20/h2-15,22,29H,16-18H2,1H3. The lowest BCUT2D eigenvalue weighted by Crippen LogP contribution is -2.07. The Balaban J connectivity index is 1.60. The van der Waals surface area contributed by atoms with E-state index in [0.29, 0.717) is 5.75 Å². The van der Waals surface area contributed by atoms with Crippen molar-refractivity contribution in [3.8, 4) is 17.1 Å². The fourth-order valence-corrected chi connectivity index (χ4v) is 4.37. The molecule has 5 nitrogen and oxygen atoms in total. The number of ether oxygens (including phenoxy) is 1. The van der Waals surface area contributed by atoms with Gasteiger partial charge < -0.3 is 14.4 Å². The van der Waals surface area contributed by atoms with Crippen LogP contribution >= 0.6 is 11.8 Å². The molecule has 0 radical (unpaired) electrons. The summed E-state index contributed by atoms with van der Waals surface area (Å²) in [5, 5.41) is 20.3. The minimum Gasteiger partial charge on any atom is -0.496 e. The minimum atomic E-state index is -0.569. The van der Waals surface area contributed by atoms with Crippen molar-refractivity contribution in [3.05, 3.63) is 96.1 Å². The summed E-state index contributed by atoms with van der Waals surface area (Å²) in [5.41, 5.74) is 3.05. The van der Waals surface area contributed by atoms with Gasteiger partial charge in [0.05, 0.1) is 18.8 Å². The summed E-state index contributed by atoms with van der Waals surface area (Å²) in [7, 11) is 1.66. The van der Waals surface area contributed by atoms with Crippen LogP contribution in [0.25, 0.3) is 11.4 Å². The second-order valence-electron chi connectivity index (χ2n) is 7.13. The first kappa shape index (κ1) is 21.2. The monoisotopic (exact) mass is 431 g/mol. The zero-order valence-corrected chi connectivity index (χ0v) is 18.2. The number of aryl methyl sites for hydroxylation is 1. The van der Waals surface area contributed by atoms with Crippen LogP contribution in [0.2, 0.25) is 0 Å². The number of hydrogen-bond acceptors (Lipinski definition) is 5. The van der Waals surface area contributed by atoms with Gasteiger partial charge in [-0.2, -0.15) is 0 Å². The lowest BCUT2D eigenvalue weighted by Gasteiger charge is -2.14. The van der Waals surface area contributed by atoms with Gasteiger partial charge in [0.15, 0.2) is 11.0 Å². The van der Waals surface area contributed by atoms with E-state index in [4.69, 9.17) is 4.74 Å². The zero-order chi connectivity index (χ0) is 21.5. The van der Waals surface area contributed by atoms with Crippen molar-refractivity contribution < 1.29 is 9.84 Å². The molecule has 1 N–H and O–H groups in total. The highest BCUT2D eigenvalue weighted by Gasteiger charge is 2.19. The second kappa shape index (κ2) is 10.3. The Bertz CT molecular complexity index is 1100. The predicted octanol–water partition coefficient (Wildman–Crippen LogP) is 5.02. The minimum absolute atomic E-state index is 0.499. The molecule has 1 aromatic heterocycles. The van der Waals surface area contributed by atoms with Crippen molar-refractivity contribution in [2.75, 3.05) is 12.9 Å². The Hall–Kier alpha value is -3.09. The van der Waals surface area contributed by atoms with E-state index >= 15 is 0 Å². The van der Waals surface area contributed by atoms with Gasteiger partial charge in [-0.15, -0.1) is 10.2 Å². The second-order valence-corrected chi connectivity index (χ2v) is 8.12. The van der Waals surface area contributed by atoms with E-state index in [-0.39, 0.29) is 0 Å². The normalized spacial score (nSPS) is 11.9. The summed E-state index contributed by atoms with van der Waals surface area (Å²) in [4.78, 5) is 0. The molecule has 4 aromatic rings. The number of aliphatic hydroxyl groups excluding tert-OH is 1. The molecule has 1 heterocycles. The lowest BCUT2D eigenvalue weighted by atomic mass is 10.1. The maximum atomic E-state index is 10.6. The fourth-order valence-electron chi connectivity index (χ4n) is 3.44. The molecule has 31 heavy (non-hydrogen) atoms. The van der Waals surface area contributed by atoms with Crippen molar-refractivity contribution in [2.24, 2.45) is 0 Å². The molecule has 158 valence electrons. The number of hydrogen-bond donors (Lipinski definition) is 1. The maximum Gasteiger partial charge on any atom is 0.191 e. The quantitative estimate of drug-likeness (QED) is 0.377. The van der Waals surface area contributed by atoms with Gasteiger partial charge in [-0.3, -0.25) is 0 Å². The van der Waals surface area contributed by atoms with Gasteiger partial charge >= 0.3 is 0 Å². The van der Waals surface area contributed by atoms with E-state index < -0.39 is 6.10 Å². The van der Waals surface area contributed by atoms with Crippen LogP contribution in [0.15, 0.2) is 90.1 Å². The Labute approximate surface area is 186 Å². The molecule has 1 atom stereocenters. The first-order valence-electron chi connectivity index (χ1n) is 10.2. The van der Waals surface area contributed by atoms with Gasteiger partial charge in [0.2, 0.25) is 0 Å². The van der Waals surface area contributed by atoms with Crippen molar-refractivity contribution in [1.82, 2.24) is 14.8 Å².